The first kappa shape index (κ1) is 7.59. The monoisotopic (exact) mass is 252 g/mol. The van der Waals surface area contributed by atoms with Crippen molar-refractivity contribution in [2.24, 2.45) is 0 Å². The van der Waals surface area contributed by atoms with Gasteiger partial charge in [0.2, 0.25) is 0 Å². The van der Waals surface area contributed by atoms with Gasteiger partial charge in [0.05, 0.1) is 12.7 Å². The van der Waals surface area contributed by atoms with Crippen molar-refractivity contribution in [3.63, 3.8) is 0 Å². The van der Waals surface area contributed by atoms with Crippen LogP contribution in [-0.4, -0.2) is 13.1 Å². The maximum atomic E-state index is 10.7. The van der Waals surface area contributed by atoms with Crippen LogP contribution in [0, 0.1) is 3.77 Å². The zero-order valence-corrected chi connectivity index (χ0v) is 7.41. The van der Waals surface area contributed by atoms with Crippen molar-refractivity contribution in [1.29, 1.82) is 0 Å². The first-order chi connectivity index (χ1) is 4.74. The normalized spacial score (nSPS) is 9.40. The SMILES string of the molecule is COC(=O)c1coc(I)c1. The highest BCUT2D eigenvalue weighted by Crippen LogP contribution is 2.10. The fourth-order valence-corrected chi connectivity index (χ4v) is 0.998. The molecule has 1 aromatic rings. The highest BCUT2D eigenvalue weighted by molar-refractivity contribution is 14.1. The summed E-state index contributed by atoms with van der Waals surface area (Å²) < 4.78 is 10.00. The number of methoxy groups -OCH3 is 1. The summed E-state index contributed by atoms with van der Waals surface area (Å²) in [5.41, 5.74) is 0.451. The van der Waals surface area contributed by atoms with Gasteiger partial charge >= 0.3 is 5.97 Å². The summed E-state index contributed by atoms with van der Waals surface area (Å²) in [4.78, 5) is 10.7. The molecule has 1 rings (SSSR count). The number of rotatable bonds is 1. The Kier molecular flexibility index (Phi) is 2.31. The van der Waals surface area contributed by atoms with Crippen LogP contribution >= 0.6 is 22.6 Å². The van der Waals surface area contributed by atoms with Crippen molar-refractivity contribution >= 4 is 28.6 Å². The van der Waals surface area contributed by atoms with Crippen LogP contribution in [0.1, 0.15) is 10.4 Å². The first-order valence-electron chi connectivity index (χ1n) is 2.56. The van der Waals surface area contributed by atoms with E-state index in [1.54, 1.807) is 6.07 Å². The molecule has 1 aromatic heterocycles. The van der Waals surface area contributed by atoms with Crippen LogP contribution in [0.15, 0.2) is 16.7 Å². The van der Waals surface area contributed by atoms with Crippen LogP contribution in [-0.2, 0) is 4.74 Å². The summed E-state index contributed by atoms with van der Waals surface area (Å²) >= 11 is 1.98. The second kappa shape index (κ2) is 3.05. The van der Waals surface area contributed by atoms with Gasteiger partial charge in [-0.1, -0.05) is 0 Å². The van der Waals surface area contributed by atoms with E-state index in [0.717, 1.165) is 0 Å². The Bertz CT molecular complexity index is 241. The van der Waals surface area contributed by atoms with Crippen molar-refractivity contribution in [1.82, 2.24) is 0 Å². The van der Waals surface area contributed by atoms with Gasteiger partial charge in [-0.15, -0.1) is 0 Å². The fraction of sp³-hybridized carbons (Fsp3) is 0.167. The van der Waals surface area contributed by atoms with E-state index in [9.17, 15) is 4.79 Å². The molecular weight excluding hydrogens is 247 g/mol. The molecule has 0 aliphatic rings. The Morgan fingerprint density at radius 2 is 2.50 bits per heavy atom. The van der Waals surface area contributed by atoms with E-state index in [0.29, 0.717) is 9.33 Å². The van der Waals surface area contributed by atoms with Crippen molar-refractivity contribution in [3.8, 4) is 0 Å². The molecule has 0 aromatic carbocycles. The second-order valence-electron chi connectivity index (χ2n) is 1.63. The molecule has 0 N–H and O–H groups in total. The van der Waals surface area contributed by atoms with Gasteiger partial charge in [0.25, 0.3) is 0 Å². The smallest absolute Gasteiger partial charge is 0.341 e. The van der Waals surface area contributed by atoms with Gasteiger partial charge in [-0.25, -0.2) is 4.79 Å². The van der Waals surface area contributed by atoms with Crippen molar-refractivity contribution in [2.75, 3.05) is 7.11 Å². The molecule has 54 valence electrons. The lowest BCUT2D eigenvalue weighted by molar-refractivity contribution is 0.0600. The van der Waals surface area contributed by atoms with Crippen LogP contribution in [0.25, 0.3) is 0 Å². The van der Waals surface area contributed by atoms with Crippen LogP contribution in [0.4, 0.5) is 0 Å². The summed E-state index contributed by atoms with van der Waals surface area (Å²) in [7, 11) is 1.34. The van der Waals surface area contributed by atoms with E-state index in [1.807, 2.05) is 22.6 Å². The van der Waals surface area contributed by atoms with Gasteiger partial charge in [0.1, 0.15) is 6.26 Å². The van der Waals surface area contributed by atoms with E-state index in [4.69, 9.17) is 4.42 Å². The largest absolute Gasteiger partial charge is 0.465 e. The fourth-order valence-electron chi connectivity index (χ4n) is 0.535. The molecule has 0 aliphatic carbocycles. The Hall–Kier alpha value is -0.520. The molecular formula is C6H5IO3. The molecule has 0 spiro atoms. The summed E-state index contributed by atoms with van der Waals surface area (Å²) in [6, 6.07) is 1.62. The van der Waals surface area contributed by atoms with Gasteiger partial charge < -0.3 is 9.15 Å². The third kappa shape index (κ3) is 1.50. The van der Waals surface area contributed by atoms with Crippen molar-refractivity contribution < 1.29 is 13.9 Å². The molecule has 1 heterocycles. The Morgan fingerprint density at radius 3 is 2.90 bits per heavy atom. The number of ether oxygens (including phenoxy) is 1. The maximum Gasteiger partial charge on any atom is 0.341 e. The minimum atomic E-state index is -0.369. The number of furan rings is 1. The minimum absolute atomic E-state index is 0.369. The summed E-state index contributed by atoms with van der Waals surface area (Å²) in [6.45, 7) is 0. The number of halogens is 1. The second-order valence-corrected chi connectivity index (χ2v) is 2.69. The van der Waals surface area contributed by atoms with E-state index in [2.05, 4.69) is 4.74 Å². The Morgan fingerprint density at radius 1 is 1.80 bits per heavy atom. The Labute approximate surface area is 71.5 Å². The van der Waals surface area contributed by atoms with Gasteiger partial charge in [-0.3, -0.25) is 0 Å². The number of esters is 1. The van der Waals surface area contributed by atoms with E-state index < -0.39 is 0 Å². The lowest BCUT2D eigenvalue weighted by Crippen LogP contribution is -1.97. The first-order valence-corrected chi connectivity index (χ1v) is 3.64. The molecule has 0 amide bonds. The summed E-state index contributed by atoms with van der Waals surface area (Å²) in [6.07, 6.45) is 1.37. The number of hydrogen-bond donors (Lipinski definition) is 0. The van der Waals surface area contributed by atoms with Gasteiger partial charge in [-0.05, 0) is 22.6 Å². The van der Waals surface area contributed by atoms with Gasteiger partial charge in [-0.2, -0.15) is 0 Å². The molecule has 0 atom stereocenters. The number of hydrogen-bond acceptors (Lipinski definition) is 3. The topological polar surface area (TPSA) is 39.4 Å². The van der Waals surface area contributed by atoms with Crippen LogP contribution in [0.5, 0.6) is 0 Å². The summed E-state index contributed by atoms with van der Waals surface area (Å²) in [5.74, 6) is -0.369. The molecule has 0 unspecified atom stereocenters. The van der Waals surface area contributed by atoms with Gasteiger partial charge in [0, 0.05) is 6.07 Å². The summed E-state index contributed by atoms with van der Waals surface area (Å²) in [5, 5.41) is 0. The molecule has 0 saturated carbocycles. The van der Waals surface area contributed by atoms with E-state index in [-0.39, 0.29) is 5.97 Å². The van der Waals surface area contributed by atoms with E-state index in [1.165, 1.54) is 13.4 Å². The highest BCUT2D eigenvalue weighted by atomic mass is 127. The zero-order chi connectivity index (χ0) is 7.56. The molecule has 3 nitrogen and oxygen atoms in total. The molecule has 0 saturated heterocycles. The van der Waals surface area contributed by atoms with Crippen LogP contribution in [0.3, 0.4) is 0 Å². The Balaban J connectivity index is 2.85. The quantitative estimate of drug-likeness (QED) is 0.563. The van der Waals surface area contributed by atoms with Gasteiger partial charge in [0.15, 0.2) is 3.77 Å². The standard InChI is InChI=1S/C6H5IO3/c1-9-6(8)4-2-5(7)10-3-4/h2-3H,1H3. The van der Waals surface area contributed by atoms with Crippen molar-refractivity contribution in [2.45, 2.75) is 0 Å². The average molecular weight is 252 g/mol. The van der Waals surface area contributed by atoms with Crippen molar-refractivity contribution in [3.05, 3.63) is 21.7 Å². The molecule has 0 radical (unpaired) electrons. The highest BCUT2D eigenvalue weighted by Gasteiger charge is 2.07. The minimum Gasteiger partial charge on any atom is -0.465 e. The molecule has 10 heavy (non-hydrogen) atoms. The molecule has 0 fully saturated rings. The third-order valence-corrected chi connectivity index (χ3v) is 1.55. The van der Waals surface area contributed by atoms with E-state index >= 15 is 0 Å². The zero-order valence-electron chi connectivity index (χ0n) is 5.26. The lowest BCUT2D eigenvalue weighted by atomic mass is 10.4. The van der Waals surface area contributed by atoms with Crippen LogP contribution < -0.4 is 0 Å². The number of carbonyl (C=O) groups is 1. The maximum absolute atomic E-state index is 10.7. The van der Waals surface area contributed by atoms with Crippen LogP contribution in [0.2, 0.25) is 0 Å². The molecule has 0 aliphatic heterocycles. The predicted molar refractivity (Wildman–Crippen MR) is 42.8 cm³/mol. The predicted octanol–water partition coefficient (Wildman–Crippen LogP) is 1.67. The lowest BCUT2D eigenvalue weighted by Gasteiger charge is -1.89. The number of carbonyl (C=O) groups excluding carboxylic acids is 1. The molecule has 4 heteroatoms. The average Bonchev–Trinajstić information content (AvgIpc) is 2.34. The third-order valence-electron chi connectivity index (χ3n) is 0.989. The molecule has 0 bridgehead atoms.